The lowest BCUT2D eigenvalue weighted by Crippen LogP contribution is -2.53. The molecule has 2 aliphatic rings. The van der Waals surface area contributed by atoms with Crippen LogP contribution in [0.25, 0.3) is 0 Å². The van der Waals surface area contributed by atoms with Crippen molar-refractivity contribution in [2.75, 3.05) is 26.2 Å². The van der Waals surface area contributed by atoms with Crippen LogP contribution in [-0.2, 0) is 4.79 Å². The van der Waals surface area contributed by atoms with E-state index in [-0.39, 0.29) is 5.91 Å². The molecule has 0 saturated carbocycles. The molecule has 0 aromatic heterocycles. The van der Waals surface area contributed by atoms with Crippen molar-refractivity contribution < 1.29 is 4.79 Å². The zero-order chi connectivity index (χ0) is 9.26. The number of hydrogen-bond acceptors (Lipinski definition) is 2. The number of amides is 1. The number of carbonyl (C=O) groups excluding carboxylic acids is 1. The summed E-state index contributed by atoms with van der Waals surface area (Å²) in [6.45, 7) is 6.07. The lowest BCUT2D eigenvalue weighted by Gasteiger charge is -2.39. The molecule has 0 radical (unpaired) electrons. The summed E-state index contributed by atoms with van der Waals surface area (Å²) in [6.07, 6.45) is 3.79. The zero-order valence-corrected chi connectivity index (χ0v) is 8.33. The van der Waals surface area contributed by atoms with Crippen molar-refractivity contribution in [2.45, 2.75) is 32.2 Å². The molecule has 2 unspecified atom stereocenters. The second-order valence-electron chi connectivity index (χ2n) is 4.16. The molecule has 0 aromatic rings. The molecule has 2 fully saturated rings. The van der Waals surface area contributed by atoms with Crippen molar-refractivity contribution in [1.82, 2.24) is 9.80 Å². The Hall–Kier alpha value is -0.570. The van der Waals surface area contributed by atoms with Gasteiger partial charge in [-0.2, -0.15) is 0 Å². The zero-order valence-electron chi connectivity index (χ0n) is 8.33. The molecule has 2 aliphatic heterocycles. The van der Waals surface area contributed by atoms with Gasteiger partial charge in [0.1, 0.15) is 0 Å². The summed E-state index contributed by atoms with van der Waals surface area (Å²) >= 11 is 0. The van der Waals surface area contributed by atoms with Crippen molar-refractivity contribution in [3.63, 3.8) is 0 Å². The molecule has 0 aliphatic carbocycles. The molecule has 0 aromatic carbocycles. The van der Waals surface area contributed by atoms with Gasteiger partial charge in [0.25, 0.3) is 0 Å². The monoisotopic (exact) mass is 182 g/mol. The fourth-order valence-electron chi connectivity index (χ4n) is 2.50. The van der Waals surface area contributed by atoms with E-state index >= 15 is 0 Å². The Bertz CT molecular complexity index is 205. The van der Waals surface area contributed by atoms with Gasteiger partial charge in [-0.3, -0.25) is 9.69 Å². The van der Waals surface area contributed by atoms with Crippen LogP contribution >= 0.6 is 0 Å². The van der Waals surface area contributed by atoms with Gasteiger partial charge in [0, 0.05) is 32.6 Å². The molecule has 2 rings (SSSR count). The molecule has 2 bridgehead atoms. The van der Waals surface area contributed by atoms with Crippen molar-refractivity contribution in [1.29, 1.82) is 0 Å². The van der Waals surface area contributed by atoms with Gasteiger partial charge in [0.15, 0.2) is 0 Å². The third kappa shape index (κ3) is 1.85. The van der Waals surface area contributed by atoms with Crippen LogP contribution in [0.1, 0.15) is 26.2 Å². The Balaban J connectivity index is 2.05. The second kappa shape index (κ2) is 3.66. The Morgan fingerprint density at radius 3 is 2.85 bits per heavy atom. The number of piperazine rings is 1. The summed E-state index contributed by atoms with van der Waals surface area (Å²) in [5, 5.41) is 0. The van der Waals surface area contributed by atoms with Gasteiger partial charge in [-0.1, -0.05) is 6.42 Å². The standard InChI is InChI=1S/C10H18N2O/c1-9(13)12-7-6-11-5-3-2-4-10(12)8-11/h10H,2-8H2,1H3. The highest BCUT2D eigenvalue weighted by Crippen LogP contribution is 2.19. The van der Waals surface area contributed by atoms with Crippen molar-refractivity contribution >= 4 is 5.91 Å². The maximum atomic E-state index is 11.3. The van der Waals surface area contributed by atoms with E-state index in [4.69, 9.17) is 0 Å². The summed E-state index contributed by atoms with van der Waals surface area (Å²) in [6, 6.07) is 0.508. The molecule has 13 heavy (non-hydrogen) atoms. The number of nitrogens with zero attached hydrogens (tertiary/aromatic N) is 2. The summed E-state index contributed by atoms with van der Waals surface area (Å²) in [5.41, 5.74) is 0. The Kier molecular flexibility index (Phi) is 2.54. The van der Waals surface area contributed by atoms with E-state index in [1.54, 1.807) is 6.92 Å². The van der Waals surface area contributed by atoms with Gasteiger partial charge in [0.2, 0.25) is 5.91 Å². The van der Waals surface area contributed by atoms with E-state index in [1.807, 2.05) is 0 Å². The molecular weight excluding hydrogens is 164 g/mol. The number of carbonyl (C=O) groups is 1. The van der Waals surface area contributed by atoms with Gasteiger partial charge in [-0.15, -0.1) is 0 Å². The Morgan fingerprint density at radius 2 is 2.08 bits per heavy atom. The molecule has 2 heterocycles. The molecule has 0 spiro atoms. The van der Waals surface area contributed by atoms with Crippen molar-refractivity contribution in [2.24, 2.45) is 0 Å². The van der Waals surface area contributed by atoms with Gasteiger partial charge in [-0.05, 0) is 19.4 Å². The van der Waals surface area contributed by atoms with Crippen LogP contribution in [0.4, 0.5) is 0 Å². The Labute approximate surface area is 79.7 Å². The van der Waals surface area contributed by atoms with Crippen LogP contribution in [0.2, 0.25) is 0 Å². The molecule has 74 valence electrons. The van der Waals surface area contributed by atoms with Crippen LogP contribution in [0, 0.1) is 0 Å². The first-order valence-corrected chi connectivity index (χ1v) is 5.27. The average molecular weight is 182 g/mol. The highest BCUT2D eigenvalue weighted by atomic mass is 16.2. The third-order valence-corrected chi connectivity index (χ3v) is 3.23. The SMILES string of the molecule is CC(=O)N1CCN2CCCCC1C2. The normalized spacial score (nSPS) is 34.1. The van der Waals surface area contributed by atoms with Gasteiger partial charge < -0.3 is 4.90 Å². The third-order valence-electron chi connectivity index (χ3n) is 3.23. The first-order valence-electron chi connectivity index (χ1n) is 5.27. The number of fused-ring (bicyclic) bond motifs is 2. The molecule has 3 heteroatoms. The molecule has 3 nitrogen and oxygen atoms in total. The lowest BCUT2D eigenvalue weighted by atomic mass is 10.1. The lowest BCUT2D eigenvalue weighted by molar-refractivity contribution is -0.133. The topological polar surface area (TPSA) is 23.6 Å². The highest BCUT2D eigenvalue weighted by molar-refractivity contribution is 5.73. The fraction of sp³-hybridized carbons (Fsp3) is 0.900. The fourth-order valence-corrected chi connectivity index (χ4v) is 2.50. The first-order chi connectivity index (χ1) is 6.27. The van der Waals surface area contributed by atoms with Crippen LogP contribution < -0.4 is 0 Å². The molecule has 1 amide bonds. The summed E-state index contributed by atoms with van der Waals surface area (Å²) in [5.74, 6) is 0.256. The van der Waals surface area contributed by atoms with Gasteiger partial charge in [-0.25, -0.2) is 0 Å². The average Bonchev–Trinajstić information content (AvgIpc) is 2.28. The van der Waals surface area contributed by atoms with Crippen LogP contribution in [0.5, 0.6) is 0 Å². The van der Waals surface area contributed by atoms with Crippen LogP contribution in [0.15, 0.2) is 0 Å². The minimum atomic E-state index is 0.256. The smallest absolute Gasteiger partial charge is 0.219 e. The second-order valence-corrected chi connectivity index (χ2v) is 4.16. The quantitative estimate of drug-likeness (QED) is 0.550. The highest BCUT2D eigenvalue weighted by Gasteiger charge is 2.29. The molecule has 2 saturated heterocycles. The summed E-state index contributed by atoms with van der Waals surface area (Å²) in [7, 11) is 0. The largest absolute Gasteiger partial charge is 0.337 e. The van der Waals surface area contributed by atoms with Crippen molar-refractivity contribution in [3.8, 4) is 0 Å². The van der Waals surface area contributed by atoms with E-state index in [0.29, 0.717) is 6.04 Å². The molecule has 0 N–H and O–H groups in total. The van der Waals surface area contributed by atoms with E-state index in [1.165, 1.54) is 25.8 Å². The van der Waals surface area contributed by atoms with Crippen molar-refractivity contribution in [3.05, 3.63) is 0 Å². The molecular formula is C10H18N2O. The summed E-state index contributed by atoms with van der Waals surface area (Å²) < 4.78 is 0. The van der Waals surface area contributed by atoms with E-state index in [9.17, 15) is 4.79 Å². The van der Waals surface area contributed by atoms with Gasteiger partial charge >= 0.3 is 0 Å². The maximum absolute atomic E-state index is 11.3. The number of rotatable bonds is 0. The first kappa shape index (κ1) is 9.00. The minimum absolute atomic E-state index is 0.256. The predicted octanol–water partition coefficient (Wildman–Crippen LogP) is 0.703. The van der Waals surface area contributed by atoms with E-state index in [2.05, 4.69) is 9.80 Å². The van der Waals surface area contributed by atoms with E-state index in [0.717, 1.165) is 19.6 Å². The van der Waals surface area contributed by atoms with Crippen LogP contribution in [-0.4, -0.2) is 47.9 Å². The predicted molar refractivity (Wildman–Crippen MR) is 51.5 cm³/mol. The van der Waals surface area contributed by atoms with Crippen LogP contribution in [0.3, 0.4) is 0 Å². The Morgan fingerprint density at radius 1 is 1.23 bits per heavy atom. The minimum Gasteiger partial charge on any atom is -0.337 e. The summed E-state index contributed by atoms with van der Waals surface area (Å²) in [4.78, 5) is 15.9. The number of hydrogen-bond donors (Lipinski definition) is 0. The maximum Gasteiger partial charge on any atom is 0.219 e. The van der Waals surface area contributed by atoms with E-state index < -0.39 is 0 Å². The van der Waals surface area contributed by atoms with Gasteiger partial charge in [0.05, 0.1) is 0 Å². The molecule has 2 atom stereocenters.